The fourth-order valence-electron chi connectivity index (χ4n) is 3.56. The van der Waals surface area contributed by atoms with Crippen molar-refractivity contribution in [1.29, 1.82) is 0 Å². The van der Waals surface area contributed by atoms with Crippen LogP contribution in [-0.4, -0.2) is 55.8 Å². The molecule has 3 heterocycles. The summed E-state index contributed by atoms with van der Waals surface area (Å²) in [6, 6.07) is 7.96. The van der Waals surface area contributed by atoms with Gasteiger partial charge < -0.3 is 25.6 Å². The molecule has 4 rings (SSSR count). The maximum Gasteiger partial charge on any atom is 0.305 e. The number of aromatic amines is 1. The van der Waals surface area contributed by atoms with E-state index in [1.165, 1.54) is 4.90 Å². The molecule has 0 bridgehead atoms. The number of nitrogens with one attached hydrogen (secondary N) is 3. The molecule has 3 aromatic rings. The molecule has 10 nitrogen and oxygen atoms in total. The van der Waals surface area contributed by atoms with E-state index in [1.807, 2.05) is 19.1 Å². The van der Waals surface area contributed by atoms with Crippen molar-refractivity contribution in [3.63, 3.8) is 0 Å². The van der Waals surface area contributed by atoms with Crippen LogP contribution in [0.1, 0.15) is 33.9 Å². The Labute approximate surface area is 177 Å². The second-order valence-electron chi connectivity index (χ2n) is 7.55. The maximum atomic E-state index is 12.7. The highest BCUT2D eigenvalue weighted by molar-refractivity contribution is 5.95. The lowest BCUT2D eigenvalue weighted by molar-refractivity contribution is -0.141. The summed E-state index contributed by atoms with van der Waals surface area (Å²) in [5.74, 6) is -1.06. The van der Waals surface area contributed by atoms with Gasteiger partial charge in [-0.1, -0.05) is 0 Å². The van der Waals surface area contributed by atoms with Crippen molar-refractivity contribution < 1.29 is 19.5 Å². The van der Waals surface area contributed by atoms with Gasteiger partial charge in [0.2, 0.25) is 5.91 Å². The Bertz CT molecular complexity index is 1190. The third-order valence-electron chi connectivity index (χ3n) is 5.11. The maximum absolute atomic E-state index is 12.7. The van der Waals surface area contributed by atoms with Crippen molar-refractivity contribution in [2.45, 2.75) is 32.5 Å². The molecule has 31 heavy (non-hydrogen) atoms. The molecule has 160 valence electrons. The number of hydrogen-bond donors (Lipinski definition) is 4. The zero-order chi connectivity index (χ0) is 22.1. The summed E-state index contributed by atoms with van der Waals surface area (Å²) >= 11 is 0. The number of carbonyl (C=O) groups is 3. The minimum Gasteiger partial charge on any atom is -0.481 e. The lowest BCUT2D eigenvalue weighted by atomic mass is 10.1. The number of benzene rings is 1. The molecule has 0 fully saturated rings. The number of likely N-dealkylation sites (N-methyl/N-ethyl adjacent to an activating group) is 1. The molecule has 0 aliphatic carbocycles. The van der Waals surface area contributed by atoms with E-state index in [9.17, 15) is 14.4 Å². The minimum absolute atomic E-state index is 0.211. The Hall–Kier alpha value is -3.95. The van der Waals surface area contributed by atoms with Crippen molar-refractivity contribution in [3.8, 4) is 0 Å². The minimum atomic E-state index is -1.06. The summed E-state index contributed by atoms with van der Waals surface area (Å²) in [6.45, 7) is 2.37. The van der Waals surface area contributed by atoms with Crippen LogP contribution in [0, 0.1) is 6.92 Å². The van der Waals surface area contributed by atoms with Crippen LogP contribution in [0.3, 0.4) is 0 Å². The average Bonchev–Trinajstić information content (AvgIpc) is 3.08. The van der Waals surface area contributed by atoms with Gasteiger partial charge in [0.05, 0.1) is 18.5 Å². The van der Waals surface area contributed by atoms with Crippen molar-refractivity contribution >= 4 is 34.6 Å². The molecule has 10 heteroatoms. The Morgan fingerprint density at radius 1 is 1.26 bits per heavy atom. The summed E-state index contributed by atoms with van der Waals surface area (Å²) in [5.41, 5.74) is 4.07. The molecule has 4 N–H and O–H groups in total. The van der Waals surface area contributed by atoms with Crippen LogP contribution < -0.4 is 10.6 Å². The number of aromatic nitrogens is 3. The SMILES string of the molecule is Cc1ccc2[nH]c(CNC(=O)c3ccc4c(c3)CN(C)C(=O)[C@H](CC(=O)O)N4)nc2n1. The molecule has 1 aliphatic heterocycles. The molecular formula is C21H22N6O4. The summed E-state index contributed by atoms with van der Waals surface area (Å²) in [7, 11) is 1.61. The number of hydrogen-bond acceptors (Lipinski definition) is 6. The van der Waals surface area contributed by atoms with Crippen LogP contribution in [0.25, 0.3) is 11.2 Å². The molecule has 0 unspecified atom stereocenters. The standard InChI is InChI=1S/C21H22N6O4/c1-11-3-5-15-19(23-11)26-17(25-15)9-22-20(30)12-4-6-14-13(7-12)10-27(2)21(31)16(24-14)8-18(28)29/h3-7,16,24H,8-10H2,1-2H3,(H,22,30)(H,28,29)(H,23,25,26)/t16-/m0/s1. The van der Waals surface area contributed by atoms with Crippen LogP contribution in [0.2, 0.25) is 0 Å². The van der Waals surface area contributed by atoms with E-state index in [-0.39, 0.29) is 31.3 Å². The van der Waals surface area contributed by atoms with E-state index in [4.69, 9.17) is 5.11 Å². The topological polar surface area (TPSA) is 140 Å². The predicted molar refractivity (Wildman–Crippen MR) is 112 cm³/mol. The summed E-state index contributed by atoms with van der Waals surface area (Å²) in [4.78, 5) is 49.5. The molecule has 0 saturated carbocycles. The average molecular weight is 422 g/mol. The number of carboxylic acids is 1. The zero-order valence-corrected chi connectivity index (χ0v) is 17.1. The molecule has 1 aromatic carbocycles. The second kappa shape index (κ2) is 8.05. The highest BCUT2D eigenvalue weighted by Crippen LogP contribution is 2.25. The Kier molecular flexibility index (Phi) is 5.28. The highest BCUT2D eigenvalue weighted by atomic mass is 16.4. The Morgan fingerprint density at radius 3 is 2.84 bits per heavy atom. The lowest BCUT2D eigenvalue weighted by Crippen LogP contribution is -2.39. The molecule has 0 spiro atoms. The number of H-pyrrole nitrogens is 1. The van der Waals surface area contributed by atoms with Crippen LogP contribution in [-0.2, 0) is 22.7 Å². The highest BCUT2D eigenvalue weighted by Gasteiger charge is 2.29. The normalized spacial score (nSPS) is 15.9. The smallest absolute Gasteiger partial charge is 0.305 e. The first-order valence-corrected chi connectivity index (χ1v) is 9.77. The van der Waals surface area contributed by atoms with E-state index < -0.39 is 12.0 Å². The van der Waals surface area contributed by atoms with E-state index in [2.05, 4.69) is 25.6 Å². The van der Waals surface area contributed by atoms with Crippen LogP contribution >= 0.6 is 0 Å². The second-order valence-corrected chi connectivity index (χ2v) is 7.55. The zero-order valence-electron chi connectivity index (χ0n) is 17.1. The molecule has 2 amide bonds. The van der Waals surface area contributed by atoms with Gasteiger partial charge in [-0.15, -0.1) is 0 Å². The first kappa shape index (κ1) is 20.3. The number of rotatable bonds is 5. The fraction of sp³-hybridized carbons (Fsp3) is 0.286. The van der Waals surface area contributed by atoms with Crippen molar-refractivity contribution in [1.82, 2.24) is 25.2 Å². The van der Waals surface area contributed by atoms with Crippen LogP contribution in [0.15, 0.2) is 30.3 Å². The van der Waals surface area contributed by atoms with Crippen molar-refractivity contribution in [3.05, 3.63) is 53.0 Å². The molecule has 1 aliphatic rings. The van der Waals surface area contributed by atoms with Gasteiger partial charge in [-0.05, 0) is 42.8 Å². The number of imidazole rings is 1. The number of fused-ring (bicyclic) bond motifs is 2. The van der Waals surface area contributed by atoms with Gasteiger partial charge in [0, 0.05) is 30.5 Å². The number of carbonyl (C=O) groups excluding carboxylic acids is 2. The van der Waals surface area contributed by atoms with E-state index in [0.29, 0.717) is 22.7 Å². The summed E-state index contributed by atoms with van der Waals surface area (Å²) < 4.78 is 0. The van der Waals surface area contributed by atoms with Gasteiger partial charge in [0.25, 0.3) is 5.91 Å². The number of nitrogens with zero attached hydrogens (tertiary/aromatic N) is 3. The first-order valence-electron chi connectivity index (χ1n) is 9.77. The molecule has 0 radical (unpaired) electrons. The van der Waals surface area contributed by atoms with Gasteiger partial charge >= 0.3 is 5.97 Å². The summed E-state index contributed by atoms with van der Waals surface area (Å²) in [5, 5.41) is 14.9. The number of amides is 2. The number of anilines is 1. The lowest BCUT2D eigenvalue weighted by Gasteiger charge is -2.19. The van der Waals surface area contributed by atoms with Gasteiger partial charge in [-0.25, -0.2) is 9.97 Å². The van der Waals surface area contributed by atoms with Crippen LogP contribution in [0.5, 0.6) is 0 Å². The summed E-state index contributed by atoms with van der Waals surface area (Å²) in [6.07, 6.45) is -0.323. The predicted octanol–water partition coefficient (Wildman–Crippen LogP) is 1.42. The van der Waals surface area contributed by atoms with Crippen molar-refractivity contribution in [2.75, 3.05) is 12.4 Å². The Morgan fingerprint density at radius 2 is 2.06 bits per heavy atom. The molecule has 0 saturated heterocycles. The third kappa shape index (κ3) is 4.32. The van der Waals surface area contributed by atoms with Crippen molar-refractivity contribution in [2.24, 2.45) is 0 Å². The largest absolute Gasteiger partial charge is 0.481 e. The molecule has 1 atom stereocenters. The quantitative estimate of drug-likeness (QED) is 0.487. The van der Waals surface area contributed by atoms with E-state index >= 15 is 0 Å². The monoisotopic (exact) mass is 422 g/mol. The van der Waals surface area contributed by atoms with Gasteiger partial charge in [-0.3, -0.25) is 14.4 Å². The fourth-order valence-corrected chi connectivity index (χ4v) is 3.56. The van der Waals surface area contributed by atoms with Gasteiger partial charge in [-0.2, -0.15) is 0 Å². The number of aryl methyl sites for hydroxylation is 1. The molecular weight excluding hydrogens is 400 g/mol. The van der Waals surface area contributed by atoms with Crippen LogP contribution in [0.4, 0.5) is 5.69 Å². The van der Waals surface area contributed by atoms with E-state index in [1.54, 1.807) is 25.2 Å². The third-order valence-corrected chi connectivity index (χ3v) is 5.11. The first-order chi connectivity index (χ1) is 14.8. The van der Waals surface area contributed by atoms with Gasteiger partial charge in [0.1, 0.15) is 11.9 Å². The Balaban J connectivity index is 1.48. The number of carboxylic acid groups (broad SMARTS) is 1. The van der Waals surface area contributed by atoms with E-state index in [0.717, 1.165) is 16.8 Å². The number of pyridine rings is 1. The number of aliphatic carboxylic acids is 1. The van der Waals surface area contributed by atoms with Gasteiger partial charge in [0.15, 0.2) is 5.65 Å². The molecule has 2 aromatic heterocycles.